The van der Waals surface area contributed by atoms with Crippen LogP contribution in [0.25, 0.3) is 0 Å². The van der Waals surface area contributed by atoms with Crippen LogP contribution >= 0.6 is 15.9 Å². The van der Waals surface area contributed by atoms with E-state index in [1.54, 1.807) is 4.90 Å². The molecule has 0 saturated carbocycles. The van der Waals surface area contributed by atoms with E-state index in [-0.39, 0.29) is 30.1 Å². The number of nitrogens with zero attached hydrogens (tertiary/aromatic N) is 1. The smallest absolute Gasteiger partial charge is 0.231 e. The number of hydrogen-bond donors (Lipinski definition) is 0. The van der Waals surface area contributed by atoms with Crippen LogP contribution < -0.4 is 0 Å². The summed E-state index contributed by atoms with van der Waals surface area (Å²) in [5.41, 5.74) is 4.48. The Kier molecular flexibility index (Phi) is 5.04. The summed E-state index contributed by atoms with van der Waals surface area (Å²) in [6.07, 6.45) is 3.30. The Balaban J connectivity index is 2.05. The molecule has 0 bridgehead atoms. The van der Waals surface area contributed by atoms with Crippen molar-refractivity contribution in [2.45, 2.75) is 39.7 Å². The predicted molar refractivity (Wildman–Crippen MR) is 98.6 cm³/mol. The van der Waals surface area contributed by atoms with Gasteiger partial charge in [-0.2, -0.15) is 0 Å². The first-order valence-corrected chi connectivity index (χ1v) is 9.01. The second-order valence-corrected chi connectivity index (χ2v) is 7.23. The van der Waals surface area contributed by atoms with Crippen LogP contribution in [-0.4, -0.2) is 17.1 Å². The maximum Gasteiger partial charge on any atom is 0.231 e. The van der Waals surface area contributed by atoms with E-state index in [1.165, 1.54) is 5.56 Å². The fourth-order valence-electron chi connectivity index (χ4n) is 3.16. The molecule has 130 valence electrons. The number of amides is 1. The van der Waals surface area contributed by atoms with E-state index in [9.17, 15) is 14.0 Å². The van der Waals surface area contributed by atoms with Gasteiger partial charge in [-0.15, -0.1) is 0 Å². The first-order valence-electron chi connectivity index (χ1n) is 8.22. The predicted octanol–water partition coefficient (Wildman–Crippen LogP) is 4.78. The monoisotopic (exact) mass is 403 g/mol. The zero-order valence-corrected chi connectivity index (χ0v) is 15.8. The number of halogens is 2. The molecule has 0 spiro atoms. The second kappa shape index (κ2) is 7.08. The average Bonchev–Trinajstić information content (AvgIpc) is 2.68. The fourth-order valence-corrected chi connectivity index (χ4v) is 3.81. The first-order chi connectivity index (χ1) is 11.9. The second-order valence-electron chi connectivity index (χ2n) is 6.44. The quantitative estimate of drug-likeness (QED) is 0.680. The van der Waals surface area contributed by atoms with Gasteiger partial charge in [0.25, 0.3) is 0 Å². The lowest BCUT2D eigenvalue weighted by Gasteiger charge is -2.28. The van der Waals surface area contributed by atoms with E-state index >= 15 is 0 Å². The largest absolute Gasteiger partial charge is 0.307 e. The molecule has 1 heterocycles. The Morgan fingerprint density at radius 3 is 2.72 bits per heavy atom. The number of aryl methyl sites for hydroxylation is 2. The van der Waals surface area contributed by atoms with Gasteiger partial charge in [0.05, 0.1) is 18.7 Å². The molecule has 3 nitrogen and oxygen atoms in total. The van der Waals surface area contributed by atoms with Gasteiger partial charge < -0.3 is 4.90 Å². The highest BCUT2D eigenvalue weighted by Crippen LogP contribution is 2.41. The Bertz CT molecular complexity index is 851. The molecule has 0 fully saturated rings. The van der Waals surface area contributed by atoms with Crippen LogP contribution in [0, 0.1) is 13.8 Å². The number of benzene rings is 1. The molecule has 1 aromatic rings. The van der Waals surface area contributed by atoms with Crippen LogP contribution in [0.15, 0.2) is 51.4 Å². The van der Waals surface area contributed by atoms with Gasteiger partial charge >= 0.3 is 0 Å². The normalized spacial score (nSPS) is 18.2. The summed E-state index contributed by atoms with van der Waals surface area (Å²) in [6.45, 7) is 4.42. The molecule has 0 radical (unpaired) electrons. The van der Waals surface area contributed by atoms with Crippen molar-refractivity contribution >= 4 is 28.1 Å². The van der Waals surface area contributed by atoms with Gasteiger partial charge in [-0.05, 0) is 52.9 Å². The van der Waals surface area contributed by atoms with Gasteiger partial charge in [-0.25, -0.2) is 4.39 Å². The molecular weight excluding hydrogens is 385 g/mol. The molecule has 3 rings (SSSR count). The number of carbonyl (C=O) groups excluding carboxylic acids is 2. The number of fused-ring (bicyclic) bond motifs is 1. The summed E-state index contributed by atoms with van der Waals surface area (Å²) in [5, 5.41) is 0. The third kappa shape index (κ3) is 3.38. The van der Waals surface area contributed by atoms with Crippen molar-refractivity contribution < 1.29 is 14.0 Å². The van der Waals surface area contributed by atoms with Crippen LogP contribution in [0.1, 0.15) is 36.0 Å². The molecule has 0 saturated heterocycles. The van der Waals surface area contributed by atoms with Crippen LogP contribution in [0.2, 0.25) is 0 Å². The highest BCUT2D eigenvalue weighted by atomic mass is 79.9. The molecule has 1 aromatic carbocycles. The minimum absolute atomic E-state index is 0.0386. The lowest BCUT2D eigenvalue weighted by atomic mass is 9.99. The van der Waals surface area contributed by atoms with Gasteiger partial charge in [-0.1, -0.05) is 24.3 Å². The summed E-state index contributed by atoms with van der Waals surface area (Å²) in [4.78, 5) is 25.7. The Morgan fingerprint density at radius 2 is 2.04 bits per heavy atom. The van der Waals surface area contributed by atoms with Crippen molar-refractivity contribution in [1.29, 1.82) is 0 Å². The summed E-state index contributed by atoms with van der Waals surface area (Å²) >= 11 is 3.34. The van der Waals surface area contributed by atoms with Gasteiger partial charge in [0.1, 0.15) is 12.1 Å². The van der Waals surface area contributed by atoms with Gasteiger partial charge in [0.2, 0.25) is 5.91 Å². The van der Waals surface area contributed by atoms with Gasteiger partial charge in [0.15, 0.2) is 0 Å². The van der Waals surface area contributed by atoms with Gasteiger partial charge in [-0.3, -0.25) is 9.59 Å². The maximum absolute atomic E-state index is 14.5. The molecule has 0 atom stereocenters. The number of rotatable bonds is 3. The Hall–Kier alpha value is -2.01. The molecule has 1 amide bonds. The number of carbonyl (C=O) groups is 2. The Labute approximate surface area is 155 Å². The number of allylic oxidation sites excluding steroid dienone is 3. The van der Waals surface area contributed by atoms with Crippen molar-refractivity contribution in [2.24, 2.45) is 0 Å². The van der Waals surface area contributed by atoms with Crippen molar-refractivity contribution in [1.82, 2.24) is 4.90 Å². The lowest BCUT2D eigenvalue weighted by Crippen LogP contribution is -2.30. The minimum Gasteiger partial charge on any atom is -0.307 e. The molecule has 25 heavy (non-hydrogen) atoms. The third-order valence-corrected chi connectivity index (χ3v) is 5.62. The van der Waals surface area contributed by atoms with Crippen molar-refractivity contribution in [3.05, 3.63) is 68.1 Å². The van der Waals surface area contributed by atoms with E-state index in [4.69, 9.17) is 0 Å². The topological polar surface area (TPSA) is 37.4 Å². The average molecular weight is 404 g/mol. The van der Waals surface area contributed by atoms with Gasteiger partial charge in [0, 0.05) is 22.0 Å². The molecule has 5 heteroatoms. The first kappa shape index (κ1) is 17.8. The number of aldehydes is 1. The van der Waals surface area contributed by atoms with E-state index in [1.807, 2.05) is 38.1 Å². The highest BCUT2D eigenvalue weighted by Gasteiger charge is 2.32. The van der Waals surface area contributed by atoms with Crippen molar-refractivity contribution in [2.75, 3.05) is 0 Å². The molecule has 1 aliphatic carbocycles. The van der Waals surface area contributed by atoms with E-state index in [0.29, 0.717) is 35.0 Å². The molecule has 0 unspecified atom stereocenters. The van der Waals surface area contributed by atoms with E-state index < -0.39 is 0 Å². The fraction of sp³-hybridized carbons (Fsp3) is 0.300. The van der Waals surface area contributed by atoms with Crippen LogP contribution in [0.5, 0.6) is 0 Å². The molecule has 2 aliphatic rings. The maximum atomic E-state index is 14.5. The standard InChI is InChI=1S/C20H19BrFNO2/c1-12-6-7-14(8-13(12)2)10-23-17-5-3-4-16(22)19(17)20(21)15(11-24)9-18(23)25/h5-8,11H,3-4,9-10H2,1-2H3. The van der Waals surface area contributed by atoms with E-state index in [2.05, 4.69) is 15.9 Å². The summed E-state index contributed by atoms with van der Waals surface area (Å²) in [6, 6.07) is 6.04. The summed E-state index contributed by atoms with van der Waals surface area (Å²) < 4.78 is 14.9. The van der Waals surface area contributed by atoms with Crippen LogP contribution in [-0.2, 0) is 16.1 Å². The Morgan fingerprint density at radius 1 is 1.28 bits per heavy atom. The summed E-state index contributed by atoms with van der Waals surface area (Å²) in [5.74, 6) is -0.489. The molecule has 0 aromatic heterocycles. The highest BCUT2D eigenvalue weighted by molar-refractivity contribution is 9.12. The van der Waals surface area contributed by atoms with Crippen molar-refractivity contribution in [3.8, 4) is 0 Å². The number of hydrogen-bond acceptors (Lipinski definition) is 2. The summed E-state index contributed by atoms with van der Waals surface area (Å²) in [7, 11) is 0. The zero-order valence-electron chi connectivity index (χ0n) is 14.2. The molecule has 1 aliphatic heterocycles. The van der Waals surface area contributed by atoms with E-state index in [0.717, 1.165) is 11.1 Å². The minimum atomic E-state index is -0.288. The third-order valence-electron chi connectivity index (χ3n) is 4.72. The molecular formula is C20H19BrFNO2. The van der Waals surface area contributed by atoms with Crippen LogP contribution in [0.4, 0.5) is 4.39 Å². The van der Waals surface area contributed by atoms with Crippen molar-refractivity contribution in [3.63, 3.8) is 0 Å². The van der Waals surface area contributed by atoms with Crippen LogP contribution in [0.3, 0.4) is 0 Å². The molecule has 0 N–H and O–H groups in total. The SMILES string of the molecule is Cc1ccc(CN2C(=O)CC(C=O)=C(Br)C3=C(F)CCC=C32)cc1C. The zero-order chi connectivity index (χ0) is 18.1. The lowest BCUT2D eigenvalue weighted by molar-refractivity contribution is -0.129.